The summed E-state index contributed by atoms with van der Waals surface area (Å²) in [6.07, 6.45) is 4.68. The lowest BCUT2D eigenvalue weighted by Gasteiger charge is -2.06. The van der Waals surface area contributed by atoms with Crippen LogP contribution in [-0.2, 0) is 11.2 Å². The lowest BCUT2D eigenvalue weighted by molar-refractivity contribution is 0.226. The molecule has 2 aromatic heterocycles. The summed E-state index contributed by atoms with van der Waals surface area (Å²) in [6, 6.07) is 4.00. The molecule has 0 aliphatic rings. The Labute approximate surface area is 119 Å². The minimum Gasteiger partial charge on any atom is -0.380 e. The molecule has 2 rings (SSSR count). The van der Waals surface area contributed by atoms with Crippen LogP contribution in [0, 0.1) is 6.92 Å². The number of aromatic nitrogens is 3. The van der Waals surface area contributed by atoms with E-state index in [4.69, 9.17) is 4.74 Å². The summed E-state index contributed by atoms with van der Waals surface area (Å²) in [4.78, 5) is 8.88. The van der Waals surface area contributed by atoms with Gasteiger partial charge in [-0.25, -0.2) is 9.50 Å². The smallest absolute Gasteiger partial charge is 0.146 e. The molecule has 106 valence electrons. The summed E-state index contributed by atoms with van der Waals surface area (Å²) >= 11 is 0. The Hall–Kier alpha value is -2.01. The van der Waals surface area contributed by atoms with Crippen molar-refractivity contribution in [1.82, 2.24) is 14.6 Å². The number of allylic oxidation sites excluding steroid dienone is 1. The van der Waals surface area contributed by atoms with Crippen molar-refractivity contribution in [3.8, 4) is 0 Å². The van der Waals surface area contributed by atoms with Gasteiger partial charge in [-0.1, -0.05) is 0 Å². The molecule has 0 N–H and O–H groups in total. The quantitative estimate of drug-likeness (QED) is 0.784. The number of methoxy groups -OCH3 is 1. The number of rotatable bonds is 5. The highest BCUT2D eigenvalue weighted by Gasteiger charge is 2.08. The van der Waals surface area contributed by atoms with Crippen LogP contribution in [0.25, 0.3) is 5.52 Å². The lowest BCUT2D eigenvalue weighted by Crippen LogP contribution is -2.08. The van der Waals surface area contributed by atoms with Crippen molar-refractivity contribution < 1.29 is 4.74 Å². The Morgan fingerprint density at radius 1 is 1.50 bits per heavy atom. The van der Waals surface area contributed by atoms with Gasteiger partial charge in [-0.05, 0) is 37.6 Å². The van der Waals surface area contributed by atoms with Crippen LogP contribution in [0.2, 0.25) is 0 Å². The van der Waals surface area contributed by atoms with E-state index in [9.17, 15) is 0 Å². The van der Waals surface area contributed by atoms with Crippen LogP contribution < -0.4 is 0 Å². The summed E-state index contributed by atoms with van der Waals surface area (Å²) in [5.41, 5.74) is 4.14. The number of ether oxygens (including phenoxy) is 1. The van der Waals surface area contributed by atoms with Crippen molar-refractivity contribution >= 4 is 11.2 Å². The van der Waals surface area contributed by atoms with Crippen molar-refractivity contribution in [3.63, 3.8) is 0 Å². The van der Waals surface area contributed by atoms with E-state index >= 15 is 0 Å². The maximum absolute atomic E-state index is 5.12. The van der Waals surface area contributed by atoms with Gasteiger partial charge in [-0.2, -0.15) is 5.10 Å². The number of hydrogen-bond acceptors (Lipinski definition) is 4. The summed E-state index contributed by atoms with van der Waals surface area (Å²) in [6.45, 7) is 4.55. The molecule has 0 spiro atoms. The van der Waals surface area contributed by atoms with Crippen molar-refractivity contribution in [2.45, 2.75) is 20.3 Å². The molecule has 0 saturated heterocycles. The van der Waals surface area contributed by atoms with Crippen LogP contribution >= 0.6 is 0 Å². The van der Waals surface area contributed by atoms with Crippen LogP contribution in [0.4, 0.5) is 0 Å². The molecule has 0 unspecified atom stereocenters. The standard InChI is InChI=1S/C15H20N4O/c1-11(10-20-4)8-13(16-3)9-14-15-6-5-7-19(15)18-12(2)17-14/h5-8H,9-10H2,1-4H3/b11-8+,16-13?. The molecule has 0 amide bonds. The maximum atomic E-state index is 5.12. The fourth-order valence-electron chi connectivity index (χ4n) is 2.17. The van der Waals surface area contributed by atoms with Gasteiger partial charge in [-0.3, -0.25) is 4.99 Å². The van der Waals surface area contributed by atoms with Crippen molar-refractivity contribution in [3.05, 3.63) is 41.5 Å². The van der Waals surface area contributed by atoms with Crippen LogP contribution in [0.15, 0.2) is 35.0 Å². The fourth-order valence-corrected chi connectivity index (χ4v) is 2.17. The third-order valence-corrected chi connectivity index (χ3v) is 2.99. The van der Waals surface area contributed by atoms with Crippen LogP contribution in [0.3, 0.4) is 0 Å². The summed E-state index contributed by atoms with van der Waals surface area (Å²) in [5.74, 6) is 0.761. The van der Waals surface area contributed by atoms with E-state index in [1.807, 2.05) is 36.7 Å². The molecule has 20 heavy (non-hydrogen) atoms. The average Bonchev–Trinajstić information content (AvgIpc) is 2.86. The second kappa shape index (κ2) is 6.43. The predicted molar refractivity (Wildman–Crippen MR) is 80.4 cm³/mol. The highest BCUT2D eigenvalue weighted by molar-refractivity contribution is 5.97. The molecule has 0 fully saturated rings. The molecule has 0 atom stereocenters. The second-order valence-electron chi connectivity index (χ2n) is 4.76. The van der Waals surface area contributed by atoms with Crippen molar-refractivity contribution in [2.75, 3.05) is 20.8 Å². The topological polar surface area (TPSA) is 51.8 Å². The zero-order valence-corrected chi connectivity index (χ0v) is 12.4. The van der Waals surface area contributed by atoms with Gasteiger partial charge < -0.3 is 4.74 Å². The Kier molecular flexibility index (Phi) is 4.63. The summed E-state index contributed by atoms with van der Waals surface area (Å²) in [7, 11) is 3.49. The molecule has 2 aromatic rings. The number of aliphatic imine (C=N–C) groups is 1. The number of hydrogen-bond donors (Lipinski definition) is 0. The number of fused-ring (bicyclic) bond motifs is 1. The number of nitrogens with zero attached hydrogens (tertiary/aromatic N) is 4. The van der Waals surface area contributed by atoms with Crippen molar-refractivity contribution in [1.29, 1.82) is 0 Å². The molecule has 2 heterocycles. The average molecular weight is 272 g/mol. The molecule has 5 nitrogen and oxygen atoms in total. The Morgan fingerprint density at radius 2 is 2.30 bits per heavy atom. The van der Waals surface area contributed by atoms with Gasteiger partial charge >= 0.3 is 0 Å². The third kappa shape index (κ3) is 3.30. The van der Waals surface area contributed by atoms with Gasteiger partial charge in [-0.15, -0.1) is 0 Å². The molecule has 0 aliphatic heterocycles. The SMILES string of the molecule is CN=C(/C=C(\C)COC)Cc1nc(C)nn2cccc12. The first-order valence-corrected chi connectivity index (χ1v) is 6.56. The van der Waals surface area contributed by atoms with Crippen LogP contribution in [-0.4, -0.2) is 41.1 Å². The monoisotopic (exact) mass is 272 g/mol. The van der Waals surface area contributed by atoms with E-state index in [0.29, 0.717) is 13.0 Å². The largest absolute Gasteiger partial charge is 0.380 e. The molecular weight excluding hydrogens is 252 g/mol. The maximum Gasteiger partial charge on any atom is 0.146 e. The zero-order chi connectivity index (χ0) is 14.5. The molecule has 5 heteroatoms. The lowest BCUT2D eigenvalue weighted by atomic mass is 10.1. The van der Waals surface area contributed by atoms with Crippen LogP contribution in [0.1, 0.15) is 18.4 Å². The molecule has 0 aliphatic carbocycles. The summed E-state index contributed by atoms with van der Waals surface area (Å²) in [5, 5.41) is 4.35. The van der Waals surface area contributed by atoms with E-state index in [1.165, 1.54) is 0 Å². The first-order valence-electron chi connectivity index (χ1n) is 6.56. The Morgan fingerprint density at radius 3 is 3.00 bits per heavy atom. The first-order chi connectivity index (χ1) is 9.63. The molecule has 0 radical (unpaired) electrons. The highest BCUT2D eigenvalue weighted by Crippen LogP contribution is 2.11. The minimum atomic E-state index is 0.613. The first kappa shape index (κ1) is 14.4. The normalized spacial score (nSPS) is 13.2. The van der Waals surface area contributed by atoms with E-state index in [1.54, 1.807) is 14.2 Å². The Bertz CT molecular complexity index is 655. The van der Waals surface area contributed by atoms with E-state index in [0.717, 1.165) is 28.3 Å². The molecule has 0 aromatic carbocycles. The van der Waals surface area contributed by atoms with E-state index in [-0.39, 0.29) is 0 Å². The minimum absolute atomic E-state index is 0.613. The van der Waals surface area contributed by atoms with Gasteiger partial charge in [0, 0.05) is 32.5 Å². The summed E-state index contributed by atoms with van der Waals surface area (Å²) < 4.78 is 6.98. The van der Waals surface area contributed by atoms with Crippen LogP contribution in [0.5, 0.6) is 0 Å². The van der Waals surface area contributed by atoms with Gasteiger partial charge in [0.1, 0.15) is 5.82 Å². The molecule has 0 saturated carbocycles. The highest BCUT2D eigenvalue weighted by atomic mass is 16.5. The number of aryl methyl sites for hydroxylation is 1. The Balaban J connectivity index is 2.30. The van der Waals surface area contributed by atoms with Gasteiger partial charge in [0.05, 0.1) is 17.8 Å². The predicted octanol–water partition coefficient (Wildman–Crippen LogP) is 2.24. The van der Waals surface area contributed by atoms with Gasteiger partial charge in [0.15, 0.2) is 0 Å². The second-order valence-corrected chi connectivity index (χ2v) is 4.76. The third-order valence-electron chi connectivity index (χ3n) is 2.99. The van der Waals surface area contributed by atoms with Gasteiger partial charge in [0.25, 0.3) is 0 Å². The van der Waals surface area contributed by atoms with E-state index in [2.05, 4.69) is 21.2 Å². The van der Waals surface area contributed by atoms with Crippen molar-refractivity contribution in [2.24, 2.45) is 4.99 Å². The van der Waals surface area contributed by atoms with Gasteiger partial charge in [0.2, 0.25) is 0 Å². The van der Waals surface area contributed by atoms with E-state index < -0.39 is 0 Å². The molecule has 0 bridgehead atoms. The fraction of sp³-hybridized carbons (Fsp3) is 0.400. The zero-order valence-electron chi connectivity index (χ0n) is 12.4. The molecular formula is C15H20N4O.